The number of fused-ring (bicyclic) bond motifs is 1. The summed E-state index contributed by atoms with van der Waals surface area (Å²) in [5.41, 5.74) is 1.83. The highest BCUT2D eigenvalue weighted by molar-refractivity contribution is 6.06. The molecule has 0 radical (unpaired) electrons. The van der Waals surface area contributed by atoms with Gasteiger partial charge in [0.2, 0.25) is 0 Å². The molecule has 5 aromatic rings. The highest BCUT2D eigenvalue weighted by Crippen LogP contribution is 2.35. The number of nitrogens with zero attached hydrogens (tertiary/aromatic N) is 3. The molecule has 3 aromatic carbocycles. The van der Waals surface area contributed by atoms with Gasteiger partial charge in [0.15, 0.2) is 0 Å². The molecule has 0 amide bonds. The molecule has 0 fully saturated rings. The molecule has 8 nitrogen and oxygen atoms in total. The fraction of sp³-hybridized carbons (Fsp3) is 0.0769. The molecule has 5 rings (SSSR count). The molecule has 0 atom stereocenters. The number of aromatic nitrogens is 3. The summed E-state index contributed by atoms with van der Waals surface area (Å²) in [6, 6.07) is 19.5. The second kappa shape index (κ2) is 8.32. The van der Waals surface area contributed by atoms with Crippen LogP contribution in [-0.4, -0.2) is 37.6 Å². The Labute approximate surface area is 195 Å². The first-order valence-corrected chi connectivity index (χ1v) is 10.6. The van der Waals surface area contributed by atoms with E-state index in [9.17, 15) is 15.0 Å². The molecule has 2 aromatic heterocycles. The van der Waals surface area contributed by atoms with Gasteiger partial charge >= 0.3 is 0 Å². The monoisotopic (exact) mass is 454 g/mol. The minimum absolute atomic E-state index is 0.0298. The van der Waals surface area contributed by atoms with Gasteiger partial charge in [0.25, 0.3) is 5.91 Å². The molecule has 8 heteroatoms. The van der Waals surface area contributed by atoms with E-state index in [0.29, 0.717) is 17.3 Å². The van der Waals surface area contributed by atoms with Crippen LogP contribution in [0.5, 0.6) is 17.2 Å². The van der Waals surface area contributed by atoms with Crippen LogP contribution in [0.2, 0.25) is 0 Å². The molecule has 0 aliphatic rings. The van der Waals surface area contributed by atoms with E-state index >= 15 is 0 Å². The number of benzene rings is 3. The molecule has 170 valence electrons. The largest absolute Gasteiger partial charge is 0.508 e. The lowest BCUT2D eigenvalue weighted by atomic mass is 10.1. The zero-order chi connectivity index (χ0) is 23.8. The lowest BCUT2D eigenvalue weighted by molar-refractivity contribution is 0.0959. The summed E-state index contributed by atoms with van der Waals surface area (Å²) in [6.07, 6.45) is 3.41. The second-order valence-electron chi connectivity index (χ2n) is 7.88. The smallest absolute Gasteiger partial charge is 0.267 e. The average molecular weight is 454 g/mol. The van der Waals surface area contributed by atoms with Gasteiger partial charge in [0.05, 0.1) is 18.5 Å². The fourth-order valence-corrected chi connectivity index (χ4v) is 3.91. The molecule has 3 N–H and O–H groups in total. The molecule has 2 heterocycles. The predicted octanol–water partition coefficient (Wildman–Crippen LogP) is 4.89. The average Bonchev–Trinajstić information content (AvgIpc) is 3.42. The van der Waals surface area contributed by atoms with E-state index in [1.807, 2.05) is 54.6 Å². The third-order valence-electron chi connectivity index (χ3n) is 5.61. The van der Waals surface area contributed by atoms with E-state index in [0.717, 1.165) is 22.4 Å². The highest BCUT2D eigenvalue weighted by atomic mass is 16.5. The van der Waals surface area contributed by atoms with Crippen molar-refractivity contribution in [2.45, 2.75) is 0 Å². The zero-order valence-corrected chi connectivity index (χ0v) is 18.6. The lowest BCUT2D eigenvalue weighted by Gasteiger charge is -2.14. The van der Waals surface area contributed by atoms with Gasteiger partial charge in [-0.25, -0.2) is 0 Å². The summed E-state index contributed by atoms with van der Waals surface area (Å²) in [5.74, 6) is 0.327. The van der Waals surface area contributed by atoms with Crippen molar-refractivity contribution in [2.75, 3.05) is 12.4 Å². The van der Waals surface area contributed by atoms with Gasteiger partial charge in [-0.2, -0.15) is 5.10 Å². The third-order valence-corrected chi connectivity index (χ3v) is 5.61. The van der Waals surface area contributed by atoms with Crippen molar-refractivity contribution in [3.8, 4) is 28.5 Å². The number of carbonyl (C=O) groups is 1. The number of anilines is 2. The molecule has 0 spiro atoms. The maximum Gasteiger partial charge on any atom is 0.267 e. The maximum atomic E-state index is 13.4. The summed E-state index contributed by atoms with van der Waals surface area (Å²) in [7, 11) is 3.36. The van der Waals surface area contributed by atoms with Gasteiger partial charge in [-0.15, -0.1) is 0 Å². The Bertz CT molecular complexity index is 1500. The van der Waals surface area contributed by atoms with Crippen LogP contribution in [0.1, 0.15) is 10.4 Å². The zero-order valence-electron chi connectivity index (χ0n) is 18.6. The van der Waals surface area contributed by atoms with Gasteiger partial charge in [0, 0.05) is 43.2 Å². The first kappa shape index (κ1) is 21.1. The van der Waals surface area contributed by atoms with Crippen molar-refractivity contribution in [3.63, 3.8) is 0 Å². The molecule has 0 aliphatic heterocycles. The quantitative estimate of drug-likeness (QED) is 0.349. The topological polar surface area (TPSA) is 102 Å². The van der Waals surface area contributed by atoms with Crippen LogP contribution < -0.4 is 10.1 Å². The van der Waals surface area contributed by atoms with Crippen LogP contribution in [0.25, 0.3) is 22.0 Å². The standard InChI is InChI=1S/C26H22N4O4/c1-29-24(13-21(28-29)16-8-5-9-20(10-16)34-2)27-22-11-19(31)12-23(32)25(22)26(33)30-14-17-6-3-4-7-18(17)15-30/h3-15,27,31-32H,1-2H3. The van der Waals surface area contributed by atoms with Crippen LogP contribution >= 0.6 is 0 Å². The molecule has 0 saturated heterocycles. The predicted molar refractivity (Wildman–Crippen MR) is 130 cm³/mol. The van der Waals surface area contributed by atoms with E-state index in [1.54, 1.807) is 31.2 Å². The minimum Gasteiger partial charge on any atom is -0.508 e. The molecule has 34 heavy (non-hydrogen) atoms. The van der Waals surface area contributed by atoms with E-state index in [2.05, 4.69) is 10.4 Å². The highest BCUT2D eigenvalue weighted by Gasteiger charge is 2.21. The van der Waals surface area contributed by atoms with E-state index < -0.39 is 5.91 Å². The van der Waals surface area contributed by atoms with Gasteiger partial charge in [-0.05, 0) is 22.9 Å². The van der Waals surface area contributed by atoms with Crippen LogP contribution in [-0.2, 0) is 7.05 Å². The third kappa shape index (κ3) is 3.81. The first-order chi connectivity index (χ1) is 16.4. The molecular formula is C26H22N4O4. The maximum absolute atomic E-state index is 13.4. The van der Waals surface area contributed by atoms with Crippen molar-refractivity contribution in [2.24, 2.45) is 7.05 Å². The Hall–Kier alpha value is -4.72. The van der Waals surface area contributed by atoms with Crippen molar-refractivity contribution in [1.82, 2.24) is 14.3 Å². The second-order valence-corrected chi connectivity index (χ2v) is 7.88. The summed E-state index contributed by atoms with van der Waals surface area (Å²) in [6.45, 7) is 0. The number of phenolic OH excluding ortho intramolecular Hbond substituents is 2. The normalized spacial score (nSPS) is 11.0. The summed E-state index contributed by atoms with van der Waals surface area (Å²) in [4.78, 5) is 13.4. The summed E-state index contributed by atoms with van der Waals surface area (Å²) >= 11 is 0. The number of rotatable bonds is 5. The minimum atomic E-state index is -0.439. The fourth-order valence-electron chi connectivity index (χ4n) is 3.91. The number of hydrogen-bond acceptors (Lipinski definition) is 6. The van der Waals surface area contributed by atoms with Gasteiger partial charge in [0.1, 0.15) is 28.6 Å². The molecular weight excluding hydrogens is 432 g/mol. The Morgan fingerprint density at radius 3 is 2.41 bits per heavy atom. The van der Waals surface area contributed by atoms with Crippen LogP contribution in [0.4, 0.5) is 11.5 Å². The van der Waals surface area contributed by atoms with Crippen molar-refractivity contribution >= 4 is 28.2 Å². The Kier molecular flexibility index (Phi) is 5.18. The number of nitrogens with one attached hydrogen (secondary N) is 1. The van der Waals surface area contributed by atoms with Crippen LogP contribution in [0, 0.1) is 0 Å². The molecule has 0 bridgehead atoms. The molecule has 0 unspecified atom stereocenters. The number of ether oxygens (including phenoxy) is 1. The van der Waals surface area contributed by atoms with Crippen molar-refractivity contribution < 1.29 is 19.7 Å². The van der Waals surface area contributed by atoms with Crippen molar-refractivity contribution in [1.29, 1.82) is 0 Å². The van der Waals surface area contributed by atoms with Gasteiger partial charge in [-0.1, -0.05) is 36.4 Å². The van der Waals surface area contributed by atoms with Crippen LogP contribution in [0.3, 0.4) is 0 Å². The number of phenols is 2. The van der Waals surface area contributed by atoms with E-state index in [1.165, 1.54) is 10.6 Å². The summed E-state index contributed by atoms with van der Waals surface area (Å²) in [5, 5.41) is 30.2. The number of aromatic hydroxyl groups is 2. The van der Waals surface area contributed by atoms with Crippen LogP contribution in [0.15, 0.2) is 79.1 Å². The van der Waals surface area contributed by atoms with Gasteiger partial charge in [-0.3, -0.25) is 14.0 Å². The number of carbonyl (C=O) groups excluding carboxylic acids is 1. The van der Waals surface area contributed by atoms with E-state index in [4.69, 9.17) is 4.74 Å². The summed E-state index contributed by atoms with van der Waals surface area (Å²) < 4.78 is 8.34. The lowest BCUT2D eigenvalue weighted by Crippen LogP contribution is -2.13. The number of methoxy groups -OCH3 is 1. The van der Waals surface area contributed by atoms with Gasteiger partial charge < -0.3 is 20.3 Å². The number of aryl methyl sites for hydroxylation is 1. The number of hydrogen-bond donors (Lipinski definition) is 3. The van der Waals surface area contributed by atoms with E-state index in [-0.39, 0.29) is 22.7 Å². The molecule has 0 saturated carbocycles. The van der Waals surface area contributed by atoms with Crippen molar-refractivity contribution in [3.05, 3.63) is 84.7 Å². The molecule has 0 aliphatic carbocycles. The Balaban J connectivity index is 1.54. The Morgan fingerprint density at radius 2 is 1.71 bits per heavy atom. The Morgan fingerprint density at radius 1 is 0.971 bits per heavy atom. The first-order valence-electron chi connectivity index (χ1n) is 10.6. The SMILES string of the molecule is COc1cccc(-c2cc(Nc3cc(O)cc(O)c3C(=O)n3cc4ccccc4c3)n(C)n2)c1.